The first kappa shape index (κ1) is 16.3. The summed E-state index contributed by atoms with van der Waals surface area (Å²) in [6, 6.07) is 5.64. The van der Waals surface area contributed by atoms with E-state index in [4.69, 9.17) is 4.74 Å². The van der Waals surface area contributed by atoms with Gasteiger partial charge in [-0.25, -0.2) is 0 Å². The molecule has 1 aromatic carbocycles. The van der Waals surface area contributed by atoms with Crippen molar-refractivity contribution in [1.29, 1.82) is 0 Å². The zero-order valence-electron chi connectivity index (χ0n) is 13.0. The first-order valence-electron chi connectivity index (χ1n) is 7.62. The number of carbonyl (C=O) groups excluding carboxylic acids is 1. The highest BCUT2D eigenvalue weighted by atomic mass is 79.9. The van der Waals surface area contributed by atoms with E-state index in [1.54, 1.807) is 7.11 Å². The second-order valence-electron chi connectivity index (χ2n) is 6.39. The number of benzene rings is 1. The molecule has 1 N–H and O–H groups in total. The largest absolute Gasteiger partial charge is 0.497 e. The number of methoxy groups -OCH3 is 1. The van der Waals surface area contributed by atoms with Crippen LogP contribution < -0.4 is 10.1 Å². The van der Waals surface area contributed by atoms with E-state index in [1.807, 2.05) is 18.2 Å². The SMILES string of the molecule is COc1ccc(Br)c(NC(=O)C2(CC(C)C)CCCC2)c1. The van der Waals surface area contributed by atoms with Crippen molar-refractivity contribution >= 4 is 27.5 Å². The summed E-state index contributed by atoms with van der Waals surface area (Å²) < 4.78 is 6.12. The molecule has 2 rings (SSSR count). The van der Waals surface area contributed by atoms with Crippen LogP contribution in [-0.2, 0) is 4.79 Å². The maximum absolute atomic E-state index is 12.9. The van der Waals surface area contributed by atoms with Crippen LogP contribution in [0, 0.1) is 11.3 Å². The van der Waals surface area contributed by atoms with Crippen LogP contribution in [0.2, 0.25) is 0 Å². The van der Waals surface area contributed by atoms with E-state index in [-0.39, 0.29) is 11.3 Å². The highest BCUT2D eigenvalue weighted by Crippen LogP contribution is 2.44. The van der Waals surface area contributed by atoms with Crippen LogP contribution >= 0.6 is 15.9 Å². The third-order valence-corrected chi connectivity index (χ3v) is 4.95. The summed E-state index contributed by atoms with van der Waals surface area (Å²) in [5.74, 6) is 1.43. The smallest absolute Gasteiger partial charge is 0.230 e. The Labute approximate surface area is 135 Å². The first-order chi connectivity index (χ1) is 9.97. The summed E-state index contributed by atoms with van der Waals surface area (Å²) in [5, 5.41) is 3.11. The van der Waals surface area contributed by atoms with E-state index in [2.05, 4.69) is 35.1 Å². The van der Waals surface area contributed by atoms with Gasteiger partial charge in [0.2, 0.25) is 5.91 Å². The van der Waals surface area contributed by atoms with Gasteiger partial charge in [0.05, 0.1) is 12.8 Å². The molecule has 0 bridgehead atoms. The van der Waals surface area contributed by atoms with Gasteiger partial charge < -0.3 is 10.1 Å². The molecular weight excluding hydrogens is 330 g/mol. The zero-order chi connectivity index (χ0) is 15.5. The fraction of sp³-hybridized carbons (Fsp3) is 0.588. The fourth-order valence-electron chi connectivity index (χ4n) is 3.34. The molecule has 0 saturated heterocycles. The lowest BCUT2D eigenvalue weighted by Gasteiger charge is -2.29. The predicted octanol–water partition coefficient (Wildman–Crippen LogP) is 5.00. The molecule has 3 nitrogen and oxygen atoms in total. The molecule has 0 radical (unpaired) electrons. The molecule has 1 aliphatic carbocycles. The van der Waals surface area contributed by atoms with Crippen molar-refractivity contribution in [2.75, 3.05) is 12.4 Å². The lowest BCUT2D eigenvalue weighted by Crippen LogP contribution is -2.35. The van der Waals surface area contributed by atoms with E-state index in [9.17, 15) is 4.79 Å². The number of hydrogen-bond acceptors (Lipinski definition) is 2. The number of rotatable bonds is 5. The van der Waals surface area contributed by atoms with Crippen molar-refractivity contribution in [1.82, 2.24) is 0 Å². The molecule has 1 saturated carbocycles. The van der Waals surface area contributed by atoms with Gasteiger partial charge in [-0.15, -0.1) is 0 Å². The summed E-state index contributed by atoms with van der Waals surface area (Å²) in [4.78, 5) is 12.9. The average Bonchev–Trinajstić information content (AvgIpc) is 2.90. The van der Waals surface area contributed by atoms with Gasteiger partial charge in [-0.05, 0) is 53.2 Å². The molecule has 1 amide bonds. The molecule has 0 aliphatic heterocycles. The maximum Gasteiger partial charge on any atom is 0.230 e. The second kappa shape index (κ2) is 6.82. The molecule has 1 fully saturated rings. The Morgan fingerprint density at radius 1 is 1.38 bits per heavy atom. The summed E-state index contributed by atoms with van der Waals surface area (Å²) >= 11 is 3.49. The molecule has 0 aromatic heterocycles. The first-order valence-corrected chi connectivity index (χ1v) is 8.41. The number of ether oxygens (including phenoxy) is 1. The third kappa shape index (κ3) is 3.79. The minimum atomic E-state index is -0.198. The number of amides is 1. The molecule has 1 aliphatic rings. The van der Waals surface area contributed by atoms with Gasteiger partial charge in [0, 0.05) is 16.0 Å². The van der Waals surface area contributed by atoms with Crippen molar-refractivity contribution in [3.05, 3.63) is 22.7 Å². The molecule has 4 heteroatoms. The highest BCUT2D eigenvalue weighted by molar-refractivity contribution is 9.10. The third-order valence-electron chi connectivity index (χ3n) is 4.26. The summed E-state index contributed by atoms with van der Waals surface area (Å²) in [6.45, 7) is 4.38. The molecule has 0 spiro atoms. The van der Waals surface area contributed by atoms with E-state index >= 15 is 0 Å². The van der Waals surface area contributed by atoms with Crippen molar-refractivity contribution < 1.29 is 9.53 Å². The van der Waals surface area contributed by atoms with E-state index in [0.717, 1.165) is 48.0 Å². The van der Waals surface area contributed by atoms with Crippen LogP contribution in [-0.4, -0.2) is 13.0 Å². The van der Waals surface area contributed by atoms with Gasteiger partial charge in [0.1, 0.15) is 5.75 Å². The van der Waals surface area contributed by atoms with Crippen molar-refractivity contribution in [2.45, 2.75) is 46.0 Å². The number of anilines is 1. The number of hydrogen-bond donors (Lipinski definition) is 1. The monoisotopic (exact) mass is 353 g/mol. The molecule has 0 heterocycles. The van der Waals surface area contributed by atoms with Gasteiger partial charge in [-0.3, -0.25) is 4.79 Å². The quantitative estimate of drug-likeness (QED) is 0.808. The Kier molecular flexibility index (Phi) is 5.31. The normalized spacial score (nSPS) is 17.0. The van der Waals surface area contributed by atoms with Gasteiger partial charge in [0.15, 0.2) is 0 Å². The van der Waals surface area contributed by atoms with Crippen LogP contribution in [0.1, 0.15) is 46.0 Å². The second-order valence-corrected chi connectivity index (χ2v) is 7.24. The Morgan fingerprint density at radius 3 is 2.62 bits per heavy atom. The summed E-state index contributed by atoms with van der Waals surface area (Å²) in [6.07, 6.45) is 5.26. The van der Waals surface area contributed by atoms with Crippen molar-refractivity contribution in [3.63, 3.8) is 0 Å². The Morgan fingerprint density at radius 2 is 2.05 bits per heavy atom. The van der Waals surface area contributed by atoms with Crippen molar-refractivity contribution in [3.8, 4) is 5.75 Å². The van der Waals surface area contributed by atoms with Crippen LogP contribution in [0.5, 0.6) is 5.75 Å². The van der Waals surface area contributed by atoms with Crippen LogP contribution in [0.25, 0.3) is 0 Å². The maximum atomic E-state index is 12.9. The molecular formula is C17H24BrNO2. The fourth-order valence-corrected chi connectivity index (χ4v) is 3.68. The lowest BCUT2D eigenvalue weighted by atomic mass is 9.77. The average molecular weight is 354 g/mol. The van der Waals surface area contributed by atoms with Crippen LogP contribution in [0.4, 0.5) is 5.69 Å². The van der Waals surface area contributed by atoms with Crippen molar-refractivity contribution in [2.24, 2.45) is 11.3 Å². The molecule has 21 heavy (non-hydrogen) atoms. The number of carbonyl (C=O) groups is 1. The molecule has 1 aromatic rings. The van der Waals surface area contributed by atoms with Gasteiger partial charge in [0.25, 0.3) is 0 Å². The van der Waals surface area contributed by atoms with E-state index in [1.165, 1.54) is 0 Å². The predicted molar refractivity (Wildman–Crippen MR) is 89.7 cm³/mol. The van der Waals surface area contributed by atoms with Crippen LogP contribution in [0.3, 0.4) is 0 Å². The van der Waals surface area contributed by atoms with Crippen LogP contribution in [0.15, 0.2) is 22.7 Å². The topological polar surface area (TPSA) is 38.3 Å². The van der Waals surface area contributed by atoms with E-state index < -0.39 is 0 Å². The summed E-state index contributed by atoms with van der Waals surface area (Å²) in [7, 11) is 1.63. The van der Waals surface area contributed by atoms with Gasteiger partial charge in [-0.2, -0.15) is 0 Å². The minimum absolute atomic E-state index is 0.155. The Balaban J connectivity index is 2.19. The van der Waals surface area contributed by atoms with Gasteiger partial charge in [-0.1, -0.05) is 26.7 Å². The standard InChI is InChI=1S/C17H24BrNO2/c1-12(2)11-17(8-4-5-9-17)16(20)19-15-10-13(21-3)6-7-14(15)18/h6-7,10,12H,4-5,8-9,11H2,1-3H3,(H,19,20). The highest BCUT2D eigenvalue weighted by Gasteiger charge is 2.41. The minimum Gasteiger partial charge on any atom is -0.497 e. The number of halogens is 1. The lowest BCUT2D eigenvalue weighted by molar-refractivity contribution is -0.126. The van der Waals surface area contributed by atoms with E-state index in [0.29, 0.717) is 5.92 Å². The zero-order valence-corrected chi connectivity index (χ0v) is 14.6. The number of nitrogens with one attached hydrogen (secondary N) is 1. The molecule has 0 unspecified atom stereocenters. The molecule has 0 atom stereocenters. The Hall–Kier alpha value is -1.03. The molecule has 116 valence electrons. The van der Waals surface area contributed by atoms with Gasteiger partial charge >= 0.3 is 0 Å². The summed E-state index contributed by atoms with van der Waals surface area (Å²) in [5.41, 5.74) is 0.589. The Bertz CT molecular complexity index is 508.